The lowest BCUT2D eigenvalue weighted by molar-refractivity contribution is 0.269. The quantitative estimate of drug-likeness (QED) is 0.777. The highest BCUT2D eigenvalue weighted by Crippen LogP contribution is 2.13. The van der Waals surface area contributed by atoms with Crippen LogP contribution in [0.15, 0.2) is 0 Å². The molecule has 0 amide bonds. The van der Waals surface area contributed by atoms with Gasteiger partial charge in [-0.2, -0.15) is 15.0 Å². The smallest absolute Gasteiger partial charge is 0.322 e. The third-order valence-electron chi connectivity index (χ3n) is 3.45. The van der Waals surface area contributed by atoms with Crippen molar-refractivity contribution in [2.45, 2.75) is 32.7 Å². The summed E-state index contributed by atoms with van der Waals surface area (Å²) in [5.41, 5.74) is 0. The van der Waals surface area contributed by atoms with Gasteiger partial charge in [0.05, 0.1) is 7.11 Å². The topological polar surface area (TPSA) is 75.2 Å². The maximum absolute atomic E-state index is 5.10. The van der Waals surface area contributed by atoms with Crippen LogP contribution >= 0.6 is 0 Å². The van der Waals surface area contributed by atoms with Gasteiger partial charge in [0.15, 0.2) is 0 Å². The van der Waals surface area contributed by atoms with Gasteiger partial charge in [-0.3, -0.25) is 4.90 Å². The molecule has 0 bridgehead atoms. The zero-order chi connectivity index (χ0) is 14.4. The van der Waals surface area contributed by atoms with Gasteiger partial charge in [0, 0.05) is 19.1 Å². The van der Waals surface area contributed by atoms with Crippen LogP contribution in [-0.2, 0) is 0 Å². The summed E-state index contributed by atoms with van der Waals surface area (Å²) in [6, 6.07) is 0.801. The van der Waals surface area contributed by atoms with Crippen LogP contribution in [0.5, 0.6) is 6.01 Å². The number of rotatable bonds is 7. The minimum Gasteiger partial charge on any atom is -0.467 e. The molecular weight excluding hydrogens is 256 g/mol. The Morgan fingerprint density at radius 1 is 1.15 bits per heavy atom. The maximum atomic E-state index is 5.10. The minimum atomic E-state index is 0.326. The first-order valence-corrected chi connectivity index (χ1v) is 7.24. The fraction of sp³-hybridized carbons (Fsp3) is 0.769. The van der Waals surface area contributed by atoms with E-state index in [1.807, 2.05) is 6.92 Å². The molecule has 7 nitrogen and oxygen atoms in total. The number of nitrogens with one attached hydrogen (secondary N) is 2. The number of nitrogens with zero attached hydrogens (tertiary/aromatic N) is 4. The van der Waals surface area contributed by atoms with Crippen LogP contribution < -0.4 is 15.4 Å². The normalized spacial score (nSPS) is 16.9. The largest absolute Gasteiger partial charge is 0.467 e. The van der Waals surface area contributed by atoms with Crippen LogP contribution in [0.1, 0.15) is 26.7 Å². The van der Waals surface area contributed by atoms with Gasteiger partial charge in [0.25, 0.3) is 0 Å². The first kappa shape index (κ1) is 14.8. The van der Waals surface area contributed by atoms with E-state index >= 15 is 0 Å². The molecule has 1 aromatic rings. The average Bonchev–Trinajstić information content (AvgIpc) is 2.99. The van der Waals surface area contributed by atoms with Crippen molar-refractivity contribution in [2.24, 2.45) is 0 Å². The van der Waals surface area contributed by atoms with Crippen molar-refractivity contribution in [2.75, 3.05) is 43.9 Å². The summed E-state index contributed by atoms with van der Waals surface area (Å²) in [6.07, 6.45) is 2.60. The van der Waals surface area contributed by atoms with Gasteiger partial charge in [-0.1, -0.05) is 0 Å². The molecule has 1 aromatic heterocycles. The van der Waals surface area contributed by atoms with Crippen molar-refractivity contribution in [1.29, 1.82) is 0 Å². The molecular formula is C13H24N6O. The van der Waals surface area contributed by atoms with Crippen LogP contribution in [0, 0.1) is 0 Å². The third kappa shape index (κ3) is 3.93. The van der Waals surface area contributed by atoms with E-state index in [4.69, 9.17) is 4.74 Å². The van der Waals surface area contributed by atoms with E-state index < -0.39 is 0 Å². The highest BCUT2D eigenvalue weighted by atomic mass is 16.5. The number of anilines is 2. The molecule has 1 fully saturated rings. The molecule has 1 aliphatic rings. The molecule has 0 aromatic carbocycles. The number of aromatic nitrogens is 3. The van der Waals surface area contributed by atoms with Gasteiger partial charge < -0.3 is 15.4 Å². The molecule has 7 heteroatoms. The highest BCUT2D eigenvalue weighted by Gasteiger charge is 2.18. The predicted octanol–water partition coefficient (Wildman–Crippen LogP) is 1.21. The van der Waals surface area contributed by atoms with E-state index in [1.54, 1.807) is 7.11 Å². The fourth-order valence-corrected chi connectivity index (χ4v) is 2.31. The zero-order valence-corrected chi connectivity index (χ0v) is 12.5. The Labute approximate surface area is 120 Å². The molecule has 0 radical (unpaired) electrons. The second kappa shape index (κ2) is 7.23. The molecule has 2 heterocycles. The average molecular weight is 280 g/mol. The molecule has 0 aliphatic carbocycles. The number of methoxy groups -OCH3 is 1. The number of hydrogen-bond acceptors (Lipinski definition) is 7. The molecule has 1 atom stereocenters. The highest BCUT2D eigenvalue weighted by molar-refractivity contribution is 5.35. The zero-order valence-electron chi connectivity index (χ0n) is 12.5. The molecule has 20 heavy (non-hydrogen) atoms. The van der Waals surface area contributed by atoms with Gasteiger partial charge in [-0.25, -0.2) is 0 Å². The van der Waals surface area contributed by atoms with Crippen LogP contribution in [-0.4, -0.2) is 59.2 Å². The maximum Gasteiger partial charge on any atom is 0.322 e. The fourth-order valence-electron chi connectivity index (χ4n) is 2.31. The van der Waals surface area contributed by atoms with E-state index in [9.17, 15) is 0 Å². The van der Waals surface area contributed by atoms with E-state index in [0.717, 1.165) is 13.1 Å². The van der Waals surface area contributed by atoms with Gasteiger partial charge in [-0.15, -0.1) is 0 Å². The lowest BCUT2D eigenvalue weighted by atomic mass is 10.3. The molecule has 0 spiro atoms. The number of hydrogen-bond donors (Lipinski definition) is 2. The van der Waals surface area contributed by atoms with E-state index in [0.29, 0.717) is 23.9 Å². The summed E-state index contributed by atoms with van der Waals surface area (Å²) >= 11 is 0. The summed E-state index contributed by atoms with van der Waals surface area (Å²) in [4.78, 5) is 15.2. The standard InChI is InChI=1S/C13H24N6O/c1-4-14-11-16-12(18-13(17-11)20-3)15-9-10(2)19-7-5-6-8-19/h10H,4-9H2,1-3H3,(H2,14,15,16,17,18). The van der Waals surface area contributed by atoms with Crippen molar-refractivity contribution < 1.29 is 4.74 Å². The molecule has 112 valence electrons. The second-order valence-electron chi connectivity index (χ2n) is 4.97. The predicted molar refractivity (Wildman–Crippen MR) is 79.3 cm³/mol. The first-order valence-electron chi connectivity index (χ1n) is 7.24. The summed E-state index contributed by atoms with van der Waals surface area (Å²) in [6.45, 7) is 8.17. The summed E-state index contributed by atoms with van der Waals surface area (Å²) in [5, 5.41) is 6.34. The monoisotopic (exact) mass is 280 g/mol. The lowest BCUT2D eigenvalue weighted by Crippen LogP contribution is -2.35. The first-order chi connectivity index (χ1) is 9.72. The Morgan fingerprint density at radius 3 is 2.40 bits per heavy atom. The molecule has 1 unspecified atom stereocenters. The van der Waals surface area contributed by atoms with Crippen LogP contribution in [0.3, 0.4) is 0 Å². The van der Waals surface area contributed by atoms with E-state index in [2.05, 4.69) is 37.4 Å². The number of likely N-dealkylation sites (tertiary alicyclic amines) is 1. The Kier molecular flexibility index (Phi) is 5.34. The molecule has 1 saturated heterocycles. The Balaban J connectivity index is 1.95. The molecule has 2 rings (SSSR count). The van der Waals surface area contributed by atoms with E-state index in [1.165, 1.54) is 25.9 Å². The Morgan fingerprint density at radius 2 is 1.80 bits per heavy atom. The second-order valence-corrected chi connectivity index (χ2v) is 4.97. The Bertz CT molecular complexity index is 421. The van der Waals surface area contributed by atoms with Gasteiger partial charge in [-0.05, 0) is 39.8 Å². The summed E-state index contributed by atoms with van der Waals surface area (Å²) < 4.78 is 5.10. The molecule has 2 N–H and O–H groups in total. The van der Waals surface area contributed by atoms with Crippen LogP contribution in [0.4, 0.5) is 11.9 Å². The van der Waals surface area contributed by atoms with Crippen LogP contribution in [0.25, 0.3) is 0 Å². The van der Waals surface area contributed by atoms with Gasteiger partial charge in [0.1, 0.15) is 0 Å². The van der Waals surface area contributed by atoms with Crippen molar-refractivity contribution in [1.82, 2.24) is 19.9 Å². The van der Waals surface area contributed by atoms with Gasteiger partial charge in [0.2, 0.25) is 11.9 Å². The van der Waals surface area contributed by atoms with Crippen molar-refractivity contribution >= 4 is 11.9 Å². The molecule has 0 saturated carbocycles. The summed E-state index contributed by atoms with van der Waals surface area (Å²) in [7, 11) is 1.56. The molecule has 1 aliphatic heterocycles. The van der Waals surface area contributed by atoms with Crippen LogP contribution in [0.2, 0.25) is 0 Å². The van der Waals surface area contributed by atoms with Crippen molar-refractivity contribution in [3.63, 3.8) is 0 Å². The van der Waals surface area contributed by atoms with Crippen molar-refractivity contribution in [3.8, 4) is 6.01 Å². The van der Waals surface area contributed by atoms with Gasteiger partial charge >= 0.3 is 6.01 Å². The SMILES string of the molecule is CCNc1nc(NCC(C)N2CCCC2)nc(OC)n1. The van der Waals surface area contributed by atoms with E-state index in [-0.39, 0.29) is 0 Å². The summed E-state index contributed by atoms with van der Waals surface area (Å²) in [5.74, 6) is 1.09. The Hall–Kier alpha value is -1.63. The van der Waals surface area contributed by atoms with Crippen molar-refractivity contribution in [3.05, 3.63) is 0 Å². The minimum absolute atomic E-state index is 0.326. The lowest BCUT2D eigenvalue weighted by Gasteiger charge is -2.23. The number of ether oxygens (including phenoxy) is 1. The third-order valence-corrected chi connectivity index (χ3v) is 3.45.